The summed E-state index contributed by atoms with van der Waals surface area (Å²) in [4.78, 5) is 54.0. The van der Waals surface area contributed by atoms with Gasteiger partial charge in [0.25, 0.3) is 16.8 Å². The van der Waals surface area contributed by atoms with E-state index in [9.17, 15) is 24.5 Å². The van der Waals surface area contributed by atoms with Crippen LogP contribution >= 0.6 is 23.5 Å². The Kier molecular flexibility index (Phi) is 8.28. The van der Waals surface area contributed by atoms with E-state index in [1.807, 2.05) is 12.3 Å². The van der Waals surface area contributed by atoms with E-state index in [0.717, 1.165) is 27.8 Å². The van der Waals surface area contributed by atoms with Gasteiger partial charge in [0.05, 0.1) is 16.9 Å². The molecule has 0 unspecified atom stereocenters. The van der Waals surface area contributed by atoms with Crippen molar-refractivity contribution in [3.05, 3.63) is 81.4 Å². The van der Waals surface area contributed by atoms with Crippen LogP contribution < -0.4 is 14.8 Å². The van der Waals surface area contributed by atoms with Crippen LogP contribution in [0.1, 0.15) is 5.56 Å². The zero-order valence-corrected chi connectivity index (χ0v) is 21.7. The van der Waals surface area contributed by atoms with Crippen LogP contribution in [0, 0.1) is 10.1 Å². The van der Waals surface area contributed by atoms with Gasteiger partial charge in [-0.25, -0.2) is 4.98 Å². The minimum absolute atomic E-state index is 0.126. The first-order valence-electron chi connectivity index (χ1n) is 10.9. The van der Waals surface area contributed by atoms with Crippen molar-refractivity contribution < 1.29 is 28.8 Å². The van der Waals surface area contributed by atoms with Gasteiger partial charge >= 0.3 is 0 Å². The number of amides is 3. The van der Waals surface area contributed by atoms with Crippen LogP contribution in [0.2, 0.25) is 0 Å². The second kappa shape index (κ2) is 11.8. The van der Waals surface area contributed by atoms with Crippen LogP contribution in [0.15, 0.2) is 70.6 Å². The second-order valence-electron chi connectivity index (χ2n) is 7.67. The molecule has 2 heterocycles. The van der Waals surface area contributed by atoms with Gasteiger partial charge in [0, 0.05) is 22.7 Å². The van der Waals surface area contributed by atoms with Crippen LogP contribution in [0.3, 0.4) is 0 Å². The molecule has 4 rings (SSSR count). The number of hydrogen-bond acceptors (Lipinski definition) is 10. The molecule has 0 atom stereocenters. The van der Waals surface area contributed by atoms with Crippen molar-refractivity contribution in [2.75, 3.05) is 25.2 Å². The number of carbonyl (C=O) groups is 3. The number of anilines is 1. The highest BCUT2D eigenvalue weighted by Crippen LogP contribution is 2.36. The number of rotatable bonds is 9. The maximum Gasteiger partial charge on any atom is 0.294 e. The monoisotopic (exact) mass is 552 g/mol. The fourth-order valence-corrected chi connectivity index (χ4v) is 4.64. The first-order valence-corrected chi connectivity index (χ1v) is 13.0. The topological polar surface area (TPSA) is 141 Å². The van der Waals surface area contributed by atoms with E-state index in [2.05, 4.69) is 10.3 Å². The quantitative estimate of drug-likeness (QED) is 0.163. The fourth-order valence-electron chi connectivity index (χ4n) is 3.34. The highest BCUT2D eigenvalue weighted by Gasteiger charge is 2.36. The van der Waals surface area contributed by atoms with Gasteiger partial charge in [0.1, 0.15) is 12.7 Å². The molecule has 1 aliphatic rings. The standard InChI is InChI=1S/C25H20N4O7S2/c1-35-20-10-15(6-8-19(20)36-23-9-7-17(13-26-23)29(33)34)11-21-24(31)28(25(32)38-21)14-22(30)27-16-4-3-5-18(12-16)37-2/h3-13H,14H2,1-2H3,(H,27,30)/b21-11+. The lowest BCUT2D eigenvalue weighted by atomic mass is 10.2. The molecule has 1 fully saturated rings. The third kappa shape index (κ3) is 6.30. The van der Waals surface area contributed by atoms with E-state index in [0.29, 0.717) is 22.7 Å². The SMILES string of the molecule is COc1cc(/C=C2/SC(=O)N(CC(=O)Nc3cccc(SC)c3)C2=O)ccc1Oc1ccc([N+](=O)[O-])cn1. The van der Waals surface area contributed by atoms with E-state index in [4.69, 9.17) is 9.47 Å². The third-order valence-electron chi connectivity index (χ3n) is 5.16. The number of benzene rings is 2. The molecule has 0 aliphatic carbocycles. The first-order chi connectivity index (χ1) is 18.3. The Morgan fingerprint density at radius 2 is 2.00 bits per heavy atom. The average Bonchev–Trinajstić information content (AvgIpc) is 3.17. The molecule has 13 heteroatoms. The summed E-state index contributed by atoms with van der Waals surface area (Å²) in [5.41, 5.74) is 0.952. The minimum Gasteiger partial charge on any atom is -0.493 e. The molecular weight excluding hydrogens is 532 g/mol. The van der Waals surface area contributed by atoms with E-state index in [-0.39, 0.29) is 16.5 Å². The molecule has 0 spiro atoms. The molecule has 1 N–H and O–H groups in total. The van der Waals surface area contributed by atoms with Crippen LogP contribution in [0.25, 0.3) is 6.08 Å². The van der Waals surface area contributed by atoms with Crippen molar-refractivity contribution in [3.8, 4) is 17.4 Å². The Hall–Kier alpha value is -4.36. The number of nitro groups is 1. The van der Waals surface area contributed by atoms with E-state index >= 15 is 0 Å². The van der Waals surface area contributed by atoms with Gasteiger partial charge in [-0.3, -0.25) is 29.4 Å². The molecule has 194 valence electrons. The van der Waals surface area contributed by atoms with Crippen molar-refractivity contribution >= 4 is 58.0 Å². The number of nitrogens with zero attached hydrogens (tertiary/aromatic N) is 3. The molecule has 1 aliphatic heterocycles. The molecule has 38 heavy (non-hydrogen) atoms. The fraction of sp³-hybridized carbons (Fsp3) is 0.120. The largest absolute Gasteiger partial charge is 0.493 e. The zero-order valence-electron chi connectivity index (χ0n) is 20.1. The number of thioether (sulfide) groups is 2. The third-order valence-corrected chi connectivity index (χ3v) is 6.79. The molecule has 11 nitrogen and oxygen atoms in total. The van der Waals surface area contributed by atoms with Crippen LogP contribution in [-0.2, 0) is 9.59 Å². The highest BCUT2D eigenvalue weighted by atomic mass is 32.2. The summed E-state index contributed by atoms with van der Waals surface area (Å²) in [6.45, 7) is -0.413. The van der Waals surface area contributed by atoms with Gasteiger partial charge in [-0.2, -0.15) is 0 Å². The predicted molar refractivity (Wildman–Crippen MR) is 143 cm³/mol. The number of methoxy groups -OCH3 is 1. The lowest BCUT2D eigenvalue weighted by Crippen LogP contribution is -2.36. The van der Waals surface area contributed by atoms with E-state index in [1.54, 1.807) is 36.4 Å². The molecule has 3 amide bonds. The van der Waals surface area contributed by atoms with Crippen molar-refractivity contribution in [2.45, 2.75) is 4.90 Å². The maximum absolute atomic E-state index is 12.9. The number of carbonyl (C=O) groups excluding carboxylic acids is 3. The van der Waals surface area contributed by atoms with Crippen LogP contribution in [0.5, 0.6) is 17.4 Å². The Labute approximate surface area is 225 Å². The zero-order chi connectivity index (χ0) is 27.2. The first kappa shape index (κ1) is 26.7. The maximum atomic E-state index is 12.9. The van der Waals surface area contributed by atoms with Crippen LogP contribution in [0.4, 0.5) is 16.2 Å². The van der Waals surface area contributed by atoms with Gasteiger partial charge in [-0.05, 0) is 60.0 Å². The summed E-state index contributed by atoms with van der Waals surface area (Å²) in [5, 5.41) is 12.9. The van der Waals surface area contributed by atoms with Crippen molar-refractivity contribution in [2.24, 2.45) is 0 Å². The Morgan fingerprint density at radius 3 is 2.68 bits per heavy atom. The predicted octanol–water partition coefficient (Wildman–Crippen LogP) is 5.19. The summed E-state index contributed by atoms with van der Waals surface area (Å²) < 4.78 is 11.0. The summed E-state index contributed by atoms with van der Waals surface area (Å²) in [6.07, 6.45) is 4.51. The number of aromatic nitrogens is 1. The minimum atomic E-state index is -0.581. The van der Waals surface area contributed by atoms with Crippen molar-refractivity contribution in [1.82, 2.24) is 9.88 Å². The smallest absolute Gasteiger partial charge is 0.294 e. The lowest BCUT2D eigenvalue weighted by Gasteiger charge is -2.13. The molecule has 0 saturated carbocycles. The summed E-state index contributed by atoms with van der Waals surface area (Å²) in [5.74, 6) is -0.343. The molecular formula is C25H20N4O7S2. The Balaban J connectivity index is 1.45. The van der Waals surface area contributed by atoms with Gasteiger partial charge in [0.2, 0.25) is 11.8 Å². The molecule has 1 saturated heterocycles. The number of ether oxygens (including phenoxy) is 2. The van der Waals surface area contributed by atoms with Crippen molar-refractivity contribution in [3.63, 3.8) is 0 Å². The normalized spacial score (nSPS) is 14.1. The lowest BCUT2D eigenvalue weighted by molar-refractivity contribution is -0.385. The molecule has 0 bridgehead atoms. The molecule has 1 aromatic heterocycles. The Morgan fingerprint density at radius 1 is 1.18 bits per heavy atom. The van der Waals surface area contributed by atoms with E-state index < -0.39 is 28.5 Å². The van der Waals surface area contributed by atoms with Gasteiger partial charge in [-0.15, -0.1) is 11.8 Å². The second-order valence-corrected chi connectivity index (χ2v) is 9.54. The number of pyridine rings is 1. The summed E-state index contributed by atoms with van der Waals surface area (Å²) in [6, 6.07) is 14.7. The van der Waals surface area contributed by atoms with Gasteiger partial charge in [0.15, 0.2) is 11.5 Å². The number of imide groups is 1. The molecule has 2 aromatic carbocycles. The molecule has 0 radical (unpaired) electrons. The van der Waals surface area contributed by atoms with Gasteiger partial charge < -0.3 is 14.8 Å². The van der Waals surface area contributed by atoms with E-state index in [1.165, 1.54) is 37.1 Å². The summed E-state index contributed by atoms with van der Waals surface area (Å²) in [7, 11) is 1.43. The highest BCUT2D eigenvalue weighted by molar-refractivity contribution is 8.18. The average molecular weight is 553 g/mol. The summed E-state index contributed by atoms with van der Waals surface area (Å²) >= 11 is 2.26. The van der Waals surface area contributed by atoms with Gasteiger partial charge in [-0.1, -0.05) is 12.1 Å². The Bertz CT molecular complexity index is 1440. The van der Waals surface area contributed by atoms with Crippen molar-refractivity contribution in [1.29, 1.82) is 0 Å². The van der Waals surface area contributed by atoms with Crippen LogP contribution in [-0.4, -0.2) is 51.8 Å². The number of nitrogens with one attached hydrogen (secondary N) is 1. The number of hydrogen-bond donors (Lipinski definition) is 1. The molecule has 3 aromatic rings.